The van der Waals surface area contributed by atoms with Crippen molar-refractivity contribution >= 4 is 5.91 Å². The summed E-state index contributed by atoms with van der Waals surface area (Å²) in [6, 6.07) is -0.815. The number of allylic oxidation sites excluding steroid dienone is 7. The number of hydrogen-bond acceptors (Lipinski definition) is 4. The topological polar surface area (TPSA) is 89.8 Å². The lowest BCUT2D eigenvalue weighted by atomic mass is 10.0. The summed E-state index contributed by atoms with van der Waals surface area (Å²) in [4.78, 5) is 12.5. The number of hydrogen-bond donors (Lipinski definition) is 4. The molecule has 0 bridgehead atoms. The first-order valence-electron chi connectivity index (χ1n) is 28.5. The number of unbranched alkanes of at least 4 members (excludes halogenated alkanes) is 38. The minimum atomic E-state index is -1.11. The Hall–Kier alpha value is -1.69. The van der Waals surface area contributed by atoms with Crippen LogP contribution in [0, 0.1) is 0 Å². The number of aliphatic hydroxyl groups is 3. The molecular formula is C59H111NO4. The van der Waals surface area contributed by atoms with Crippen LogP contribution in [0.1, 0.15) is 296 Å². The quantitative estimate of drug-likeness (QED) is 0.0362. The van der Waals surface area contributed by atoms with Crippen molar-refractivity contribution in [2.45, 2.75) is 315 Å². The monoisotopic (exact) mass is 898 g/mol. The number of aliphatic hydroxyl groups excluding tert-OH is 3. The van der Waals surface area contributed by atoms with Crippen LogP contribution in [0.4, 0.5) is 0 Å². The summed E-state index contributed by atoms with van der Waals surface area (Å²) in [5, 5.41) is 33.2. The molecule has 3 atom stereocenters. The molecule has 0 heterocycles. The van der Waals surface area contributed by atoms with Crippen LogP contribution in [0.5, 0.6) is 0 Å². The highest BCUT2D eigenvalue weighted by Crippen LogP contribution is 2.17. The zero-order valence-electron chi connectivity index (χ0n) is 42.9. The van der Waals surface area contributed by atoms with Crippen LogP contribution >= 0.6 is 0 Å². The number of amides is 1. The van der Waals surface area contributed by atoms with Crippen LogP contribution in [0.15, 0.2) is 48.6 Å². The fraction of sp³-hybridized carbons (Fsp3) is 0.847. The second-order valence-electron chi connectivity index (χ2n) is 19.5. The Morgan fingerprint density at radius 1 is 0.391 bits per heavy atom. The molecule has 0 aromatic rings. The van der Waals surface area contributed by atoms with Gasteiger partial charge in [-0.1, -0.05) is 281 Å². The molecule has 0 aromatic carbocycles. The molecule has 3 unspecified atom stereocenters. The van der Waals surface area contributed by atoms with E-state index in [-0.39, 0.29) is 6.61 Å². The normalized spacial score (nSPS) is 13.6. The highest BCUT2D eigenvalue weighted by atomic mass is 16.3. The van der Waals surface area contributed by atoms with Gasteiger partial charge in [0.15, 0.2) is 0 Å². The molecule has 0 radical (unpaired) electrons. The van der Waals surface area contributed by atoms with Crippen molar-refractivity contribution in [1.82, 2.24) is 5.32 Å². The maximum Gasteiger partial charge on any atom is 0.249 e. The van der Waals surface area contributed by atoms with E-state index >= 15 is 0 Å². The summed E-state index contributed by atoms with van der Waals surface area (Å²) >= 11 is 0. The summed E-state index contributed by atoms with van der Waals surface area (Å²) in [6.07, 6.45) is 72.1. The molecular weight excluding hydrogens is 787 g/mol. The largest absolute Gasteiger partial charge is 0.394 e. The zero-order chi connectivity index (χ0) is 46.5. The molecule has 376 valence electrons. The average Bonchev–Trinajstić information content (AvgIpc) is 3.30. The third-order valence-corrected chi connectivity index (χ3v) is 13.1. The van der Waals surface area contributed by atoms with Gasteiger partial charge in [0.25, 0.3) is 0 Å². The van der Waals surface area contributed by atoms with E-state index in [4.69, 9.17) is 0 Å². The predicted molar refractivity (Wildman–Crippen MR) is 282 cm³/mol. The van der Waals surface area contributed by atoms with E-state index in [9.17, 15) is 20.1 Å². The Morgan fingerprint density at radius 3 is 1.05 bits per heavy atom. The zero-order valence-corrected chi connectivity index (χ0v) is 42.9. The Kier molecular flexibility index (Phi) is 52.5. The lowest BCUT2D eigenvalue weighted by Gasteiger charge is -2.21. The molecule has 0 aromatic heterocycles. The van der Waals surface area contributed by atoms with E-state index in [2.05, 4.69) is 55.6 Å². The first kappa shape index (κ1) is 62.3. The second kappa shape index (κ2) is 53.9. The van der Waals surface area contributed by atoms with Crippen molar-refractivity contribution in [1.29, 1.82) is 0 Å². The molecule has 5 heteroatoms. The van der Waals surface area contributed by atoms with Gasteiger partial charge in [0, 0.05) is 0 Å². The highest BCUT2D eigenvalue weighted by molar-refractivity contribution is 5.80. The van der Waals surface area contributed by atoms with Gasteiger partial charge in [-0.25, -0.2) is 0 Å². The van der Waals surface area contributed by atoms with E-state index < -0.39 is 24.2 Å². The Labute approximate surface area is 399 Å². The lowest BCUT2D eigenvalue weighted by Crippen LogP contribution is -2.48. The minimum Gasteiger partial charge on any atom is -0.394 e. The van der Waals surface area contributed by atoms with Crippen LogP contribution in [-0.4, -0.2) is 46.1 Å². The molecule has 5 nitrogen and oxygen atoms in total. The summed E-state index contributed by atoms with van der Waals surface area (Å²) in [5.41, 5.74) is 0. The number of nitrogens with one attached hydrogen (secondary N) is 1. The SMILES string of the molecule is CCCCCCCCCC/C=C/CC/C=C/C(O)C(CO)NC(=O)C(O)CCCCCCCCCCCCCCCCCC/C=C\C/C=C\CCCCCCCCCCCCCCC. The lowest BCUT2D eigenvalue weighted by molar-refractivity contribution is -0.131. The van der Waals surface area contributed by atoms with Crippen molar-refractivity contribution in [3.8, 4) is 0 Å². The fourth-order valence-electron chi connectivity index (χ4n) is 8.70. The van der Waals surface area contributed by atoms with Crippen molar-refractivity contribution in [2.24, 2.45) is 0 Å². The van der Waals surface area contributed by atoms with Gasteiger partial charge < -0.3 is 20.6 Å². The van der Waals surface area contributed by atoms with E-state index in [1.165, 1.54) is 231 Å². The summed E-state index contributed by atoms with van der Waals surface area (Å²) in [6.45, 7) is 4.18. The number of rotatable bonds is 52. The minimum absolute atomic E-state index is 0.376. The first-order valence-corrected chi connectivity index (χ1v) is 28.5. The second-order valence-corrected chi connectivity index (χ2v) is 19.5. The maximum absolute atomic E-state index is 12.5. The average molecular weight is 899 g/mol. The predicted octanol–water partition coefficient (Wildman–Crippen LogP) is 17.6. The van der Waals surface area contributed by atoms with Crippen molar-refractivity contribution in [3.05, 3.63) is 48.6 Å². The molecule has 0 saturated carbocycles. The van der Waals surface area contributed by atoms with Gasteiger partial charge in [0.05, 0.1) is 18.8 Å². The molecule has 0 saturated heterocycles. The van der Waals surface area contributed by atoms with Gasteiger partial charge in [-0.2, -0.15) is 0 Å². The standard InChI is InChI=1S/C59H111NO4/c1-3-5-7-9-11-13-15-17-19-20-21-22-23-24-25-26-27-28-29-30-31-32-33-34-35-36-37-38-39-40-42-44-46-48-50-52-54-58(63)59(64)60-56(55-61)57(62)53-51-49-47-45-43-41-18-16-14-12-10-8-6-4-2/h25-26,28-29,43,45,51,53,56-58,61-63H,3-24,27,30-42,44,46-50,52,54-55H2,1-2H3,(H,60,64)/b26-25-,29-28-,45-43+,53-51+. The van der Waals surface area contributed by atoms with E-state index in [1.54, 1.807) is 6.08 Å². The van der Waals surface area contributed by atoms with Crippen molar-refractivity contribution < 1.29 is 20.1 Å². The molecule has 4 N–H and O–H groups in total. The van der Waals surface area contributed by atoms with Gasteiger partial charge >= 0.3 is 0 Å². The van der Waals surface area contributed by atoms with Gasteiger partial charge in [-0.15, -0.1) is 0 Å². The number of carbonyl (C=O) groups is 1. The molecule has 1 amide bonds. The van der Waals surface area contributed by atoms with Gasteiger partial charge in [0.1, 0.15) is 6.10 Å². The fourth-order valence-corrected chi connectivity index (χ4v) is 8.70. The van der Waals surface area contributed by atoms with E-state index in [0.717, 1.165) is 44.9 Å². The molecule has 0 fully saturated rings. The van der Waals surface area contributed by atoms with E-state index in [0.29, 0.717) is 6.42 Å². The number of carbonyl (C=O) groups excluding carboxylic acids is 1. The summed E-state index contributed by atoms with van der Waals surface area (Å²) < 4.78 is 0. The molecule has 0 aliphatic rings. The van der Waals surface area contributed by atoms with Gasteiger partial charge in [0.2, 0.25) is 5.91 Å². The molecule has 64 heavy (non-hydrogen) atoms. The third-order valence-electron chi connectivity index (χ3n) is 13.1. The van der Waals surface area contributed by atoms with Crippen LogP contribution in [-0.2, 0) is 4.79 Å². The summed E-state index contributed by atoms with van der Waals surface area (Å²) in [5.74, 6) is -0.512. The Bertz CT molecular complexity index is 1040. The van der Waals surface area contributed by atoms with Crippen LogP contribution < -0.4 is 5.32 Å². The van der Waals surface area contributed by atoms with Crippen molar-refractivity contribution in [3.63, 3.8) is 0 Å². The Balaban J connectivity index is 3.52. The van der Waals surface area contributed by atoms with Gasteiger partial charge in [-0.05, 0) is 64.2 Å². The van der Waals surface area contributed by atoms with Gasteiger partial charge in [-0.3, -0.25) is 4.79 Å². The Morgan fingerprint density at radius 2 is 0.688 bits per heavy atom. The van der Waals surface area contributed by atoms with Crippen molar-refractivity contribution in [2.75, 3.05) is 6.61 Å². The molecule has 0 spiro atoms. The third kappa shape index (κ3) is 48.2. The first-order chi connectivity index (χ1) is 31.6. The molecule has 0 aliphatic carbocycles. The van der Waals surface area contributed by atoms with Crippen LogP contribution in [0.25, 0.3) is 0 Å². The van der Waals surface area contributed by atoms with E-state index in [1.807, 2.05) is 6.08 Å². The summed E-state index contributed by atoms with van der Waals surface area (Å²) in [7, 11) is 0. The van der Waals surface area contributed by atoms with Crippen LogP contribution in [0.2, 0.25) is 0 Å². The highest BCUT2D eigenvalue weighted by Gasteiger charge is 2.22. The maximum atomic E-state index is 12.5. The molecule has 0 aliphatic heterocycles. The molecule has 0 rings (SSSR count). The smallest absolute Gasteiger partial charge is 0.249 e. The van der Waals surface area contributed by atoms with Crippen LogP contribution in [0.3, 0.4) is 0 Å².